The molecule has 0 aromatic carbocycles. The van der Waals surface area contributed by atoms with Crippen molar-refractivity contribution in [3.8, 4) is 0 Å². The van der Waals surface area contributed by atoms with Gasteiger partial charge in [0.1, 0.15) is 0 Å². The Balaban J connectivity index is 2.15. The van der Waals surface area contributed by atoms with Crippen LogP contribution in [0.2, 0.25) is 0 Å². The van der Waals surface area contributed by atoms with Gasteiger partial charge in [-0.15, -0.1) is 0 Å². The summed E-state index contributed by atoms with van der Waals surface area (Å²) in [7, 11) is 0. The molecular formula is C14H26F3NO2. The van der Waals surface area contributed by atoms with E-state index < -0.39 is 24.7 Å². The van der Waals surface area contributed by atoms with Gasteiger partial charge in [0.05, 0.1) is 25.2 Å². The van der Waals surface area contributed by atoms with Gasteiger partial charge in [0.15, 0.2) is 0 Å². The van der Waals surface area contributed by atoms with Crippen LogP contribution in [0.3, 0.4) is 0 Å². The quantitative estimate of drug-likeness (QED) is 0.759. The molecule has 1 rings (SSSR count). The molecule has 0 heterocycles. The molecule has 3 nitrogen and oxygen atoms in total. The maximum Gasteiger partial charge on any atom is 0.390 e. The van der Waals surface area contributed by atoms with E-state index in [1.54, 1.807) is 0 Å². The van der Waals surface area contributed by atoms with Gasteiger partial charge in [-0.2, -0.15) is 13.2 Å². The Morgan fingerprint density at radius 1 is 1.30 bits per heavy atom. The first-order valence-electron chi connectivity index (χ1n) is 7.37. The molecule has 120 valence electrons. The van der Waals surface area contributed by atoms with Crippen LogP contribution in [0, 0.1) is 5.92 Å². The van der Waals surface area contributed by atoms with Crippen molar-refractivity contribution in [3.63, 3.8) is 0 Å². The minimum absolute atomic E-state index is 0.123. The first kappa shape index (κ1) is 17.7. The second-order valence-electron chi connectivity index (χ2n) is 5.92. The van der Waals surface area contributed by atoms with E-state index in [0.29, 0.717) is 5.92 Å². The summed E-state index contributed by atoms with van der Waals surface area (Å²) in [6.07, 6.45) is -1.14. The highest BCUT2D eigenvalue weighted by Crippen LogP contribution is 2.26. The van der Waals surface area contributed by atoms with Gasteiger partial charge in [-0.05, 0) is 25.7 Å². The Morgan fingerprint density at radius 3 is 2.55 bits per heavy atom. The monoisotopic (exact) mass is 297 g/mol. The van der Waals surface area contributed by atoms with Crippen LogP contribution in [0.1, 0.15) is 46.0 Å². The van der Waals surface area contributed by atoms with Crippen LogP contribution in [-0.2, 0) is 4.74 Å². The molecule has 0 aliphatic heterocycles. The Kier molecular flexibility index (Phi) is 7.26. The molecule has 0 amide bonds. The Morgan fingerprint density at radius 2 is 1.95 bits per heavy atom. The number of halogens is 3. The SMILES string of the molecule is CC(CC(F)(F)F)NCC(O)COC1CCCCC1C. The van der Waals surface area contributed by atoms with E-state index in [-0.39, 0.29) is 19.3 Å². The fourth-order valence-electron chi connectivity index (χ4n) is 2.58. The zero-order valence-electron chi connectivity index (χ0n) is 12.2. The Hall–Kier alpha value is -0.330. The minimum Gasteiger partial charge on any atom is -0.389 e. The van der Waals surface area contributed by atoms with Crippen LogP contribution >= 0.6 is 0 Å². The van der Waals surface area contributed by atoms with Gasteiger partial charge >= 0.3 is 6.18 Å². The van der Waals surface area contributed by atoms with Crippen molar-refractivity contribution < 1.29 is 23.0 Å². The lowest BCUT2D eigenvalue weighted by atomic mass is 9.88. The van der Waals surface area contributed by atoms with Gasteiger partial charge in [0, 0.05) is 12.6 Å². The smallest absolute Gasteiger partial charge is 0.389 e. The largest absolute Gasteiger partial charge is 0.390 e. The normalized spacial score (nSPS) is 27.3. The highest BCUT2D eigenvalue weighted by atomic mass is 19.4. The van der Waals surface area contributed by atoms with Crippen LogP contribution in [0.15, 0.2) is 0 Å². The van der Waals surface area contributed by atoms with Crippen LogP contribution < -0.4 is 5.32 Å². The number of hydrogen-bond donors (Lipinski definition) is 2. The minimum atomic E-state index is -4.18. The van der Waals surface area contributed by atoms with Crippen molar-refractivity contribution in [3.05, 3.63) is 0 Å². The average molecular weight is 297 g/mol. The lowest BCUT2D eigenvalue weighted by Gasteiger charge is -2.29. The van der Waals surface area contributed by atoms with Crippen LogP contribution in [0.5, 0.6) is 0 Å². The van der Waals surface area contributed by atoms with E-state index in [2.05, 4.69) is 12.2 Å². The number of rotatable bonds is 7. The molecular weight excluding hydrogens is 271 g/mol. The van der Waals surface area contributed by atoms with E-state index in [9.17, 15) is 18.3 Å². The third-order valence-corrected chi connectivity index (χ3v) is 3.78. The van der Waals surface area contributed by atoms with Gasteiger partial charge in [-0.1, -0.05) is 19.8 Å². The molecule has 0 radical (unpaired) electrons. The predicted molar refractivity (Wildman–Crippen MR) is 71.5 cm³/mol. The number of ether oxygens (including phenoxy) is 1. The summed E-state index contributed by atoms with van der Waals surface area (Å²) in [6.45, 7) is 3.91. The number of aliphatic hydroxyl groups excluding tert-OH is 1. The fraction of sp³-hybridized carbons (Fsp3) is 1.00. The lowest BCUT2D eigenvalue weighted by Crippen LogP contribution is -2.39. The lowest BCUT2D eigenvalue weighted by molar-refractivity contribution is -0.139. The average Bonchev–Trinajstić information content (AvgIpc) is 2.33. The fourth-order valence-corrected chi connectivity index (χ4v) is 2.58. The van der Waals surface area contributed by atoms with Crippen molar-refractivity contribution in [2.24, 2.45) is 5.92 Å². The number of aliphatic hydroxyl groups is 1. The molecule has 1 fully saturated rings. The van der Waals surface area contributed by atoms with Crippen LogP contribution in [0.25, 0.3) is 0 Å². The van der Waals surface area contributed by atoms with Gasteiger partial charge < -0.3 is 15.2 Å². The maximum atomic E-state index is 12.1. The Bertz CT molecular complexity index is 274. The summed E-state index contributed by atoms with van der Waals surface area (Å²) < 4.78 is 42.1. The molecule has 0 saturated heterocycles. The molecule has 0 bridgehead atoms. The number of hydrogen-bond acceptors (Lipinski definition) is 3. The zero-order chi connectivity index (χ0) is 15.2. The predicted octanol–water partition coefficient (Wildman–Crippen LogP) is 2.87. The van der Waals surface area contributed by atoms with Crippen molar-refractivity contribution in [2.75, 3.05) is 13.2 Å². The summed E-state index contributed by atoms with van der Waals surface area (Å²) in [5, 5.41) is 12.4. The standard InChI is InChI=1S/C14H26F3NO2/c1-10-5-3-4-6-13(10)20-9-12(19)8-18-11(2)7-14(15,16)17/h10-13,18-19H,3-9H2,1-2H3. The summed E-state index contributed by atoms with van der Waals surface area (Å²) in [6, 6.07) is -0.696. The second-order valence-corrected chi connectivity index (χ2v) is 5.92. The summed E-state index contributed by atoms with van der Waals surface area (Å²) in [4.78, 5) is 0. The van der Waals surface area contributed by atoms with Crippen molar-refractivity contribution in [1.82, 2.24) is 5.32 Å². The van der Waals surface area contributed by atoms with Gasteiger partial charge in [-0.25, -0.2) is 0 Å². The third-order valence-electron chi connectivity index (χ3n) is 3.78. The second kappa shape index (κ2) is 8.20. The van der Waals surface area contributed by atoms with Crippen molar-refractivity contribution in [2.45, 2.75) is 70.4 Å². The molecule has 0 spiro atoms. The molecule has 0 aromatic rings. The zero-order valence-corrected chi connectivity index (χ0v) is 12.2. The highest BCUT2D eigenvalue weighted by Gasteiger charge is 2.30. The van der Waals surface area contributed by atoms with E-state index in [0.717, 1.165) is 19.3 Å². The number of alkyl halides is 3. The number of nitrogens with one attached hydrogen (secondary N) is 1. The van der Waals surface area contributed by atoms with E-state index in [1.807, 2.05) is 0 Å². The van der Waals surface area contributed by atoms with E-state index >= 15 is 0 Å². The summed E-state index contributed by atoms with van der Waals surface area (Å²) >= 11 is 0. The van der Waals surface area contributed by atoms with Gasteiger partial charge in [0.2, 0.25) is 0 Å². The van der Waals surface area contributed by atoms with Crippen molar-refractivity contribution in [1.29, 1.82) is 0 Å². The van der Waals surface area contributed by atoms with Crippen molar-refractivity contribution >= 4 is 0 Å². The van der Waals surface area contributed by atoms with E-state index in [1.165, 1.54) is 13.3 Å². The highest BCUT2D eigenvalue weighted by molar-refractivity contribution is 4.74. The molecule has 20 heavy (non-hydrogen) atoms. The molecule has 0 aromatic heterocycles. The maximum absolute atomic E-state index is 12.1. The van der Waals surface area contributed by atoms with Crippen LogP contribution in [0.4, 0.5) is 13.2 Å². The molecule has 4 atom stereocenters. The first-order chi connectivity index (χ1) is 9.28. The molecule has 2 N–H and O–H groups in total. The van der Waals surface area contributed by atoms with Gasteiger partial charge in [0.25, 0.3) is 0 Å². The first-order valence-corrected chi connectivity index (χ1v) is 7.37. The topological polar surface area (TPSA) is 41.5 Å². The molecule has 4 unspecified atom stereocenters. The third kappa shape index (κ3) is 7.45. The van der Waals surface area contributed by atoms with Crippen LogP contribution in [-0.4, -0.2) is 42.7 Å². The van der Waals surface area contributed by atoms with Gasteiger partial charge in [-0.3, -0.25) is 0 Å². The Labute approximate surface area is 118 Å². The molecule has 1 saturated carbocycles. The summed E-state index contributed by atoms with van der Waals surface area (Å²) in [5.41, 5.74) is 0. The van der Waals surface area contributed by atoms with E-state index in [4.69, 9.17) is 4.74 Å². The summed E-state index contributed by atoms with van der Waals surface area (Å²) in [5.74, 6) is 0.494. The molecule has 1 aliphatic carbocycles. The molecule has 1 aliphatic rings. The molecule has 6 heteroatoms.